The Hall–Kier alpha value is -3.02. The molecule has 0 aromatic heterocycles. The highest BCUT2D eigenvalue weighted by molar-refractivity contribution is 5.98. The summed E-state index contributed by atoms with van der Waals surface area (Å²) < 4.78 is 12.9. The highest BCUT2D eigenvalue weighted by Gasteiger charge is 2.40. The number of carbonyl (C=O) groups excluding carboxylic acids is 2. The van der Waals surface area contributed by atoms with Gasteiger partial charge in [0.2, 0.25) is 5.91 Å². The molecule has 2 unspecified atom stereocenters. The number of amides is 1. The van der Waals surface area contributed by atoms with Crippen molar-refractivity contribution >= 4 is 17.7 Å². The molecule has 3 rings (SSSR count). The predicted octanol–water partition coefficient (Wildman–Crippen LogP) is 3.12. The molecule has 1 heterocycles. The fraction of sp³-hybridized carbons (Fsp3) is 0.286. The van der Waals surface area contributed by atoms with Gasteiger partial charge in [-0.1, -0.05) is 30.3 Å². The van der Waals surface area contributed by atoms with Gasteiger partial charge in [0.05, 0.1) is 5.92 Å². The van der Waals surface area contributed by atoms with Crippen LogP contribution in [0.3, 0.4) is 0 Å². The molecule has 6 heteroatoms. The van der Waals surface area contributed by atoms with Crippen LogP contribution in [-0.2, 0) is 9.59 Å². The standard InChI is InChI=1S/C21H20FNO4/c22-16-8-6-15(7-9-16)19(24)10-11-20(25)23-12-17(18(13-23)21(26)27)14-4-2-1-3-5-14/h1-9,17-18H,10-13H2,(H,26,27). The summed E-state index contributed by atoms with van der Waals surface area (Å²) in [7, 11) is 0. The second kappa shape index (κ2) is 8.12. The molecule has 2 aromatic rings. The minimum Gasteiger partial charge on any atom is -0.481 e. The van der Waals surface area contributed by atoms with Crippen LogP contribution in [0.2, 0.25) is 0 Å². The first-order valence-corrected chi connectivity index (χ1v) is 8.80. The SMILES string of the molecule is O=C(CCC(=O)N1CC(C(=O)O)C(c2ccccc2)C1)c1ccc(F)cc1. The van der Waals surface area contributed by atoms with Gasteiger partial charge in [-0.3, -0.25) is 14.4 Å². The van der Waals surface area contributed by atoms with Crippen molar-refractivity contribution in [1.29, 1.82) is 0 Å². The van der Waals surface area contributed by atoms with E-state index >= 15 is 0 Å². The Balaban J connectivity index is 1.62. The summed E-state index contributed by atoms with van der Waals surface area (Å²) in [5.41, 5.74) is 1.25. The maximum Gasteiger partial charge on any atom is 0.308 e. The maximum absolute atomic E-state index is 12.9. The number of carbonyl (C=O) groups is 3. The van der Waals surface area contributed by atoms with Gasteiger partial charge in [0, 0.05) is 37.4 Å². The molecule has 1 saturated heterocycles. The van der Waals surface area contributed by atoms with Gasteiger partial charge in [-0.05, 0) is 29.8 Å². The molecule has 1 aliphatic rings. The highest BCUT2D eigenvalue weighted by Crippen LogP contribution is 2.33. The van der Waals surface area contributed by atoms with E-state index in [1.165, 1.54) is 29.2 Å². The van der Waals surface area contributed by atoms with Crippen LogP contribution in [0.1, 0.15) is 34.7 Å². The zero-order valence-corrected chi connectivity index (χ0v) is 14.7. The van der Waals surface area contributed by atoms with Crippen molar-refractivity contribution in [1.82, 2.24) is 4.90 Å². The summed E-state index contributed by atoms with van der Waals surface area (Å²) in [6.07, 6.45) is 0.0127. The third kappa shape index (κ3) is 4.39. The van der Waals surface area contributed by atoms with E-state index in [1.54, 1.807) is 0 Å². The van der Waals surface area contributed by atoms with Crippen molar-refractivity contribution in [2.24, 2.45) is 5.92 Å². The van der Waals surface area contributed by atoms with Crippen molar-refractivity contribution < 1.29 is 23.9 Å². The lowest BCUT2D eigenvalue weighted by atomic mass is 9.89. The smallest absolute Gasteiger partial charge is 0.308 e. The molecule has 0 bridgehead atoms. The molecule has 1 N–H and O–H groups in total. The number of aliphatic carboxylic acids is 1. The van der Waals surface area contributed by atoms with Crippen LogP contribution >= 0.6 is 0 Å². The second-order valence-corrected chi connectivity index (χ2v) is 6.69. The Morgan fingerprint density at radius 2 is 1.63 bits per heavy atom. The van der Waals surface area contributed by atoms with Gasteiger partial charge in [-0.15, -0.1) is 0 Å². The molecule has 140 valence electrons. The zero-order chi connectivity index (χ0) is 19.4. The van der Waals surface area contributed by atoms with E-state index in [-0.39, 0.29) is 37.0 Å². The van der Waals surface area contributed by atoms with Crippen LogP contribution in [0.15, 0.2) is 54.6 Å². The summed E-state index contributed by atoms with van der Waals surface area (Å²) in [5, 5.41) is 9.51. The molecule has 0 aliphatic carbocycles. The molecule has 2 atom stereocenters. The number of rotatable bonds is 6. The molecular formula is C21H20FNO4. The molecule has 0 radical (unpaired) electrons. The summed E-state index contributed by atoms with van der Waals surface area (Å²) in [5.74, 6) is -2.76. The quantitative estimate of drug-likeness (QED) is 0.794. The van der Waals surface area contributed by atoms with Gasteiger partial charge < -0.3 is 10.0 Å². The lowest BCUT2D eigenvalue weighted by Gasteiger charge is -2.16. The monoisotopic (exact) mass is 369 g/mol. The van der Waals surface area contributed by atoms with Crippen molar-refractivity contribution in [2.75, 3.05) is 13.1 Å². The molecule has 1 fully saturated rings. The number of carboxylic acid groups (broad SMARTS) is 1. The maximum atomic E-state index is 12.9. The Morgan fingerprint density at radius 3 is 2.26 bits per heavy atom. The Morgan fingerprint density at radius 1 is 0.963 bits per heavy atom. The van der Waals surface area contributed by atoms with Crippen molar-refractivity contribution in [3.8, 4) is 0 Å². The Bertz CT molecular complexity index is 835. The van der Waals surface area contributed by atoms with Crippen LogP contribution in [0.5, 0.6) is 0 Å². The largest absolute Gasteiger partial charge is 0.481 e. The molecule has 2 aromatic carbocycles. The third-order valence-corrected chi connectivity index (χ3v) is 4.95. The van der Waals surface area contributed by atoms with Crippen LogP contribution in [0.25, 0.3) is 0 Å². The number of hydrogen-bond acceptors (Lipinski definition) is 3. The summed E-state index contributed by atoms with van der Waals surface area (Å²) in [6.45, 7) is 0.461. The number of Topliss-reactive ketones (excluding diaryl/α,β-unsaturated/α-hetero) is 1. The molecule has 0 saturated carbocycles. The predicted molar refractivity (Wildman–Crippen MR) is 96.9 cm³/mol. The lowest BCUT2D eigenvalue weighted by Crippen LogP contribution is -2.30. The highest BCUT2D eigenvalue weighted by atomic mass is 19.1. The van der Waals surface area contributed by atoms with Gasteiger partial charge in [-0.25, -0.2) is 4.39 Å². The topological polar surface area (TPSA) is 74.7 Å². The van der Waals surface area contributed by atoms with Gasteiger partial charge >= 0.3 is 5.97 Å². The number of nitrogens with zero attached hydrogens (tertiary/aromatic N) is 1. The Labute approximate surface area is 156 Å². The average molecular weight is 369 g/mol. The zero-order valence-electron chi connectivity index (χ0n) is 14.7. The lowest BCUT2D eigenvalue weighted by molar-refractivity contribution is -0.141. The van der Waals surface area contributed by atoms with Gasteiger partial charge in [0.1, 0.15) is 5.82 Å². The third-order valence-electron chi connectivity index (χ3n) is 4.95. The first-order valence-electron chi connectivity index (χ1n) is 8.80. The average Bonchev–Trinajstić information content (AvgIpc) is 3.13. The van der Waals surface area contributed by atoms with E-state index in [9.17, 15) is 23.9 Å². The molecule has 1 aliphatic heterocycles. The van der Waals surface area contributed by atoms with Gasteiger partial charge in [0.15, 0.2) is 5.78 Å². The van der Waals surface area contributed by atoms with E-state index in [4.69, 9.17) is 0 Å². The first-order chi connectivity index (χ1) is 13.0. The number of carboxylic acids is 1. The summed E-state index contributed by atoms with van der Waals surface area (Å²) >= 11 is 0. The molecular weight excluding hydrogens is 349 g/mol. The fourth-order valence-electron chi connectivity index (χ4n) is 3.45. The molecule has 5 nitrogen and oxygen atoms in total. The summed E-state index contributed by atoms with van der Waals surface area (Å²) in [4.78, 5) is 37.8. The van der Waals surface area contributed by atoms with Crippen LogP contribution in [0, 0.1) is 11.7 Å². The van der Waals surface area contributed by atoms with Crippen LogP contribution in [0.4, 0.5) is 4.39 Å². The molecule has 1 amide bonds. The van der Waals surface area contributed by atoms with E-state index in [1.807, 2.05) is 30.3 Å². The number of benzene rings is 2. The van der Waals surface area contributed by atoms with E-state index in [0.29, 0.717) is 12.1 Å². The molecule has 27 heavy (non-hydrogen) atoms. The number of likely N-dealkylation sites (tertiary alicyclic amines) is 1. The summed E-state index contributed by atoms with van der Waals surface area (Å²) in [6, 6.07) is 14.5. The van der Waals surface area contributed by atoms with Crippen LogP contribution < -0.4 is 0 Å². The van der Waals surface area contributed by atoms with Crippen molar-refractivity contribution in [3.63, 3.8) is 0 Å². The van der Waals surface area contributed by atoms with Crippen LogP contribution in [-0.4, -0.2) is 40.8 Å². The van der Waals surface area contributed by atoms with E-state index in [0.717, 1.165) is 5.56 Å². The number of ketones is 1. The fourth-order valence-corrected chi connectivity index (χ4v) is 3.45. The minimum atomic E-state index is -0.929. The second-order valence-electron chi connectivity index (χ2n) is 6.69. The first kappa shape index (κ1) is 18.8. The molecule has 0 spiro atoms. The van der Waals surface area contributed by atoms with Gasteiger partial charge in [-0.2, -0.15) is 0 Å². The minimum absolute atomic E-state index is 0.00403. The van der Waals surface area contributed by atoms with E-state index in [2.05, 4.69) is 0 Å². The normalized spacial score (nSPS) is 19.1. The number of hydrogen-bond donors (Lipinski definition) is 1. The van der Waals surface area contributed by atoms with Crippen molar-refractivity contribution in [2.45, 2.75) is 18.8 Å². The number of halogens is 1. The Kier molecular flexibility index (Phi) is 5.64. The van der Waals surface area contributed by atoms with Crippen molar-refractivity contribution in [3.05, 3.63) is 71.5 Å². The van der Waals surface area contributed by atoms with Gasteiger partial charge in [0.25, 0.3) is 0 Å². The van der Waals surface area contributed by atoms with E-state index < -0.39 is 17.7 Å².